The van der Waals surface area contributed by atoms with E-state index in [1.54, 1.807) is 0 Å². The molecule has 0 atom stereocenters. The number of alkyl halides is 3. The SMILES string of the molecule is CNc1cc(NCc2cccc(Br)c2)nc(C(F)(F)F)n1. The summed E-state index contributed by atoms with van der Waals surface area (Å²) in [4.78, 5) is 6.89. The van der Waals surface area contributed by atoms with Crippen LogP contribution >= 0.6 is 15.9 Å². The van der Waals surface area contributed by atoms with Crippen LogP contribution in [0.2, 0.25) is 0 Å². The average molecular weight is 361 g/mol. The molecule has 4 nitrogen and oxygen atoms in total. The third-order valence-electron chi connectivity index (χ3n) is 2.60. The molecule has 0 aliphatic rings. The van der Waals surface area contributed by atoms with Crippen LogP contribution in [-0.2, 0) is 12.7 Å². The van der Waals surface area contributed by atoms with Crippen LogP contribution in [0.15, 0.2) is 34.8 Å². The number of aromatic nitrogens is 2. The molecule has 0 unspecified atom stereocenters. The van der Waals surface area contributed by atoms with Crippen molar-refractivity contribution in [2.75, 3.05) is 17.7 Å². The zero-order valence-electron chi connectivity index (χ0n) is 11.0. The lowest BCUT2D eigenvalue weighted by atomic mass is 10.2. The predicted octanol–water partition coefficient (Wildman–Crippen LogP) is 3.91. The zero-order valence-corrected chi connectivity index (χ0v) is 12.6. The highest BCUT2D eigenvalue weighted by molar-refractivity contribution is 9.10. The Hall–Kier alpha value is -1.83. The van der Waals surface area contributed by atoms with Crippen molar-refractivity contribution in [3.63, 3.8) is 0 Å². The molecule has 0 fully saturated rings. The Morgan fingerprint density at radius 3 is 2.48 bits per heavy atom. The maximum atomic E-state index is 12.7. The van der Waals surface area contributed by atoms with Crippen LogP contribution in [0, 0.1) is 0 Å². The summed E-state index contributed by atoms with van der Waals surface area (Å²) >= 11 is 3.34. The Balaban J connectivity index is 2.19. The highest BCUT2D eigenvalue weighted by Crippen LogP contribution is 2.28. The molecule has 21 heavy (non-hydrogen) atoms. The van der Waals surface area contributed by atoms with Crippen molar-refractivity contribution < 1.29 is 13.2 Å². The van der Waals surface area contributed by atoms with E-state index in [1.807, 2.05) is 24.3 Å². The topological polar surface area (TPSA) is 49.8 Å². The first-order valence-electron chi connectivity index (χ1n) is 6.01. The van der Waals surface area contributed by atoms with Crippen molar-refractivity contribution in [2.24, 2.45) is 0 Å². The van der Waals surface area contributed by atoms with Gasteiger partial charge in [0, 0.05) is 24.1 Å². The Labute approximate surface area is 127 Å². The lowest BCUT2D eigenvalue weighted by Gasteiger charge is -2.11. The molecule has 112 valence electrons. The van der Waals surface area contributed by atoms with Gasteiger partial charge in [-0.2, -0.15) is 13.2 Å². The van der Waals surface area contributed by atoms with E-state index in [0.29, 0.717) is 6.54 Å². The van der Waals surface area contributed by atoms with Gasteiger partial charge in [-0.25, -0.2) is 9.97 Å². The van der Waals surface area contributed by atoms with Crippen molar-refractivity contribution in [3.8, 4) is 0 Å². The maximum Gasteiger partial charge on any atom is 0.451 e. The van der Waals surface area contributed by atoms with Gasteiger partial charge in [-0.1, -0.05) is 28.1 Å². The van der Waals surface area contributed by atoms with E-state index >= 15 is 0 Å². The molecule has 1 aromatic carbocycles. The van der Waals surface area contributed by atoms with Crippen LogP contribution < -0.4 is 10.6 Å². The summed E-state index contributed by atoms with van der Waals surface area (Å²) in [6.07, 6.45) is -4.58. The molecule has 8 heteroatoms. The molecule has 2 aromatic rings. The van der Waals surface area contributed by atoms with Gasteiger partial charge in [0.1, 0.15) is 11.6 Å². The smallest absolute Gasteiger partial charge is 0.373 e. The third-order valence-corrected chi connectivity index (χ3v) is 3.09. The molecule has 2 rings (SSSR count). The van der Waals surface area contributed by atoms with E-state index in [9.17, 15) is 13.2 Å². The number of nitrogens with zero attached hydrogens (tertiary/aromatic N) is 2. The van der Waals surface area contributed by atoms with Crippen LogP contribution in [-0.4, -0.2) is 17.0 Å². The number of rotatable bonds is 4. The van der Waals surface area contributed by atoms with Gasteiger partial charge < -0.3 is 10.6 Å². The van der Waals surface area contributed by atoms with Crippen LogP contribution in [0.5, 0.6) is 0 Å². The number of halogens is 4. The molecule has 0 bridgehead atoms. The van der Waals surface area contributed by atoms with Gasteiger partial charge in [0.25, 0.3) is 0 Å². The fourth-order valence-electron chi connectivity index (χ4n) is 1.63. The molecular weight excluding hydrogens is 349 g/mol. The molecule has 0 saturated carbocycles. The first-order chi connectivity index (χ1) is 9.88. The van der Waals surface area contributed by atoms with E-state index in [-0.39, 0.29) is 11.6 Å². The van der Waals surface area contributed by atoms with Crippen LogP contribution in [0.3, 0.4) is 0 Å². The second kappa shape index (κ2) is 6.30. The van der Waals surface area contributed by atoms with Crippen molar-refractivity contribution in [1.82, 2.24) is 9.97 Å². The molecule has 0 saturated heterocycles. The summed E-state index contributed by atoms with van der Waals surface area (Å²) in [7, 11) is 1.50. The van der Waals surface area contributed by atoms with Crippen LogP contribution in [0.1, 0.15) is 11.4 Å². The lowest BCUT2D eigenvalue weighted by molar-refractivity contribution is -0.144. The minimum atomic E-state index is -4.58. The Bertz CT molecular complexity index is 631. The molecular formula is C13H12BrF3N4. The number of hydrogen-bond acceptors (Lipinski definition) is 4. The molecule has 0 aliphatic heterocycles. The third kappa shape index (κ3) is 4.32. The molecule has 0 spiro atoms. The second-order valence-electron chi connectivity index (χ2n) is 4.19. The van der Waals surface area contributed by atoms with Gasteiger partial charge in [0.2, 0.25) is 5.82 Å². The fraction of sp³-hybridized carbons (Fsp3) is 0.231. The van der Waals surface area contributed by atoms with E-state index in [2.05, 4.69) is 36.5 Å². The largest absolute Gasteiger partial charge is 0.451 e. The first-order valence-corrected chi connectivity index (χ1v) is 6.80. The van der Waals surface area contributed by atoms with Gasteiger partial charge in [-0.3, -0.25) is 0 Å². The predicted molar refractivity (Wildman–Crippen MR) is 78.0 cm³/mol. The molecule has 1 aromatic heterocycles. The molecule has 1 heterocycles. The Kier molecular flexibility index (Phi) is 4.66. The van der Waals surface area contributed by atoms with Crippen molar-refractivity contribution in [1.29, 1.82) is 0 Å². The first kappa shape index (κ1) is 15.6. The van der Waals surface area contributed by atoms with Crippen molar-refractivity contribution >= 4 is 27.6 Å². The zero-order chi connectivity index (χ0) is 15.5. The van der Waals surface area contributed by atoms with Crippen LogP contribution in [0.25, 0.3) is 0 Å². The highest BCUT2D eigenvalue weighted by Gasteiger charge is 2.35. The quantitative estimate of drug-likeness (QED) is 0.867. The molecule has 2 N–H and O–H groups in total. The summed E-state index contributed by atoms with van der Waals surface area (Å²) < 4.78 is 39.0. The summed E-state index contributed by atoms with van der Waals surface area (Å²) in [5.74, 6) is -0.957. The van der Waals surface area contributed by atoms with Gasteiger partial charge >= 0.3 is 6.18 Å². The summed E-state index contributed by atoms with van der Waals surface area (Å²) in [5, 5.41) is 5.45. The van der Waals surface area contributed by atoms with Gasteiger partial charge in [0.05, 0.1) is 0 Å². The Morgan fingerprint density at radius 1 is 1.14 bits per heavy atom. The minimum absolute atomic E-state index is 0.106. The van der Waals surface area contributed by atoms with Gasteiger partial charge in [0.15, 0.2) is 0 Å². The normalized spacial score (nSPS) is 11.3. The molecule has 0 amide bonds. The number of nitrogens with one attached hydrogen (secondary N) is 2. The molecule has 0 aliphatic carbocycles. The Morgan fingerprint density at radius 2 is 1.86 bits per heavy atom. The maximum absolute atomic E-state index is 12.7. The number of hydrogen-bond donors (Lipinski definition) is 2. The van der Waals surface area contributed by atoms with E-state index in [4.69, 9.17) is 0 Å². The van der Waals surface area contributed by atoms with Gasteiger partial charge in [-0.05, 0) is 17.7 Å². The van der Waals surface area contributed by atoms with E-state index < -0.39 is 12.0 Å². The summed E-state index contributed by atoms with van der Waals surface area (Å²) in [6.45, 7) is 0.358. The van der Waals surface area contributed by atoms with Crippen molar-refractivity contribution in [3.05, 3.63) is 46.2 Å². The van der Waals surface area contributed by atoms with Crippen molar-refractivity contribution in [2.45, 2.75) is 12.7 Å². The second-order valence-corrected chi connectivity index (χ2v) is 5.11. The summed E-state index contributed by atoms with van der Waals surface area (Å²) in [5.41, 5.74) is 0.919. The highest BCUT2D eigenvalue weighted by atomic mass is 79.9. The average Bonchev–Trinajstić information content (AvgIpc) is 2.44. The minimum Gasteiger partial charge on any atom is -0.373 e. The fourth-order valence-corrected chi connectivity index (χ4v) is 2.08. The van der Waals surface area contributed by atoms with E-state index in [1.165, 1.54) is 13.1 Å². The lowest BCUT2D eigenvalue weighted by Crippen LogP contribution is -2.14. The standard InChI is InChI=1S/C13H12BrF3N4/c1-18-10-6-11(21-12(20-10)13(15,16)17)19-7-8-3-2-4-9(14)5-8/h2-6H,7H2,1H3,(H2,18,19,20,21). The molecule has 0 radical (unpaired) electrons. The van der Waals surface area contributed by atoms with Crippen LogP contribution in [0.4, 0.5) is 24.8 Å². The van der Waals surface area contributed by atoms with E-state index in [0.717, 1.165) is 10.0 Å². The number of benzene rings is 1. The number of anilines is 2. The summed E-state index contributed by atoms with van der Waals surface area (Å²) in [6, 6.07) is 8.88. The monoisotopic (exact) mass is 360 g/mol. The van der Waals surface area contributed by atoms with Gasteiger partial charge in [-0.15, -0.1) is 0 Å².